The summed E-state index contributed by atoms with van der Waals surface area (Å²) in [7, 11) is 0. The number of carboxylic acids is 1. The van der Waals surface area contributed by atoms with Crippen molar-refractivity contribution in [2.24, 2.45) is 0 Å². The van der Waals surface area contributed by atoms with E-state index < -0.39 is 11.8 Å². The van der Waals surface area contributed by atoms with Crippen LogP contribution in [0.5, 0.6) is 0 Å². The van der Waals surface area contributed by atoms with Crippen molar-refractivity contribution in [1.29, 1.82) is 0 Å². The fourth-order valence-corrected chi connectivity index (χ4v) is 3.42. The Kier molecular flexibility index (Phi) is 4.49. The van der Waals surface area contributed by atoms with Gasteiger partial charge in [-0.2, -0.15) is 0 Å². The van der Waals surface area contributed by atoms with Crippen LogP contribution in [0.15, 0.2) is 71.5 Å². The van der Waals surface area contributed by atoms with E-state index in [4.69, 9.17) is 16.7 Å². The number of aromatic carboxylic acids is 1. The number of hydrogen-bond acceptors (Lipinski definition) is 2. The number of nitrogens with zero attached hydrogens (tertiary/aromatic N) is 2. The second-order valence-electron chi connectivity index (χ2n) is 6.33. The van der Waals surface area contributed by atoms with Crippen molar-refractivity contribution in [1.82, 2.24) is 9.13 Å². The molecular weight excluding hydrogens is 383 g/mol. The number of benzene rings is 3. The second kappa shape index (κ2) is 6.98. The number of imidazole rings is 1. The first kappa shape index (κ1) is 18.0. The van der Waals surface area contributed by atoms with Gasteiger partial charge >= 0.3 is 11.7 Å². The molecule has 3 aromatic carbocycles. The van der Waals surface area contributed by atoms with Crippen molar-refractivity contribution < 1.29 is 14.3 Å². The molecule has 0 spiro atoms. The summed E-state index contributed by atoms with van der Waals surface area (Å²) < 4.78 is 16.9. The molecule has 0 saturated heterocycles. The van der Waals surface area contributed by atoms with Crippen molar-refractivity contribution in [2.45, 2.75) is 6.54 Å². The summed E-state index contributed by atoms with van der Waals surface area (Å²) in [6.45, 7) is 0.0227. The molecule has 7 heteroatoms. The predicted octanol–water partition coefficient (Wildman–Crippen LogP) is 4.33. The van der Waals surface area contributed by atoms with Crippen LogP contribution in [-0.4, -0.2) is 20.2 Å². The Labute approximate surface area is 163 Å². The van der Waals surface area contributed by atoms with Gasteiger partial charge in [0.25, 0.3) is 0 Å². The Bertz CT molecular complexity index is 1260. The lowest BCUT2D eigenvalue weighted by atomic mass is 10.1. The Hall–Kier alpha value is -3.38. The van der Waals surface area contributed by atoms with Crippen LogP contribution in [0.25, 0.3) is 16.7 Å². The highest BCUT2D eigenvalue weighted by atomic mass is 35.5. The number of rotatable bonds is 4. The number of aromatic nitrogens is 2. The van der Waals surface area contributed by atoms with Gasteiger partial charge in [-0.25, -0.2) is 14.0 Å². The molecule has 0 unspecified atom stereocenters. The van der Waals surface area contributed by atoms with Gasteiger partial charge in [0.2, 0.25) is 0 Å². The van der Waals surface area contributed by atoms with Gasteiger partial charge in [-0.3, -0.25) is 9.13 Å². The largest absolute Gasteiger partial charge is 0.478 e. The molecule has 1 heterocycles. The van der Waals surface area contributed by atoms with Crippen LogP contribution in [0.2, 0.25) is 5.02 Å². The van der Waals surface area contributed by atoms with Crippen LogP contribution in [0.4, 0.5) is 4.39 Å². The van der Waals surface area contributed by atoms with Gasteiger partial charge in [0, 0.05) is 5.02 Å². The molecule has 1 N–H and O–H groups in total. The summed E-state index contributed by atoms with van der Waals surface area (Å²) in [5.74, 6) is -1.90. The van der Waals surface area contributed by atoms with E-state index in [-0.39, 0.29) is 17.8 Å². The molecule has 140 valence electrons. The standard InChI is InChI=1S/C21H14ClFN2O3/c22-15-6-7-18-19(11-15)25(17-4-2-1-3-5-17)21(28)24(18)12-13-8-14(20(26)27)10-16(23)9-13/h1-11H,12H2,(H,26,27). The van der Waals surface area contributed by atoms with E-state index in [2.05, 4.69) is 0 Å². The van der Waals surface area contributed by atoms with E-state index in [0.717, 1.165) is 6.07 Å². The molecule has 0 aliphatic carbocycles. The molecule has 0 radical (unpaired) electrons. The molecule has 0 atom stereocenters. The van der Waals surface area contributed by atoms with Crippen molar-refractivity contribution in [3.8, 4) is 5.69 Å². The number of fused-ring (bicyclic) bond motifs is 1. The van der Waals surface area contributed by atoms with E-state index in [1.165, 1.54) is 21.3 Å². The van der Waals surface area contributed by atoms with Gasteiger partial charge < -0.3 is 5.11 Å². The second-order valence-corrected chi connectivity index (χ2v) is 6.76. The molecule has 5 nitrogen and oxygen atoms in total. The molecule has 0 saturated carbocycles. The third-order valence-electron chi connectivity index (χ3n) is 4.45. The van der Waals surface area contributed by atoms with Crippen LogP contribution >= 0.6 is 11.6 Å². The Morgan fingerprint density at radius 1 is 1.00 bits per heavy atom. The first-order valence-electron chi connectivity index (χ1n) is 8.43. The van der Waals surface area contributed by atoms with E-state index in [9.17, 15) is 14.0 Å². The molecular formula is C21H14ClFN2O3. The van der Waals surface area contributed by atoms with Gasteiger partial charge in [-0.15, -0.1) is 0 Å². The summed E-state index contributed by atoms with van der Waals surface area (Å²) in [5, 5.41) is 9.64. The third kappa shape index (κ3) is 3.18. The average molecular weight is 397 g/mol. The van der Waals surface area contributed by atoms with Crippen LogP contribution in [0.3, 0.4) is 0 Å². The highest BCUT2D eigenvalue weighted by Gasteiger charge is 2.16. The van der Waals surface area contributed by atoms with Crippen molar-refractivity contribution in [3.05, 3.63) is 99.2 Å². The zero-order chi connectivity index (χ0) is 19.8. The fourth-order valence-electron chi connectivity index (χ4n) is 3.26. The van der Waals surface area contributed by atoms with Crippen molar-refractivity contribution >= 4 is 28.6 Å². The summed E-state index contributed by atoms with van der Waals surface area (Å²) in [4.78, 5) is 24.4. The van der Waals surface area contributed by atoms with Gasteiger partial charge in [0.05, 0.1) is 28.8 Å². The van der Waals surface area contributed by atoms with Crippen LogP contribution < -0.4 is 5.69 Å². The highest BCUT2D eigenvalue weighted by Crippen LogP contribution is 2.23. The summed E-state index contributed by atoms with van der Waals surface area (Å²) in [6, 6.07) is 17.7. The lowest BCUT2D eigenvalue weighted by Crippen LogP contribution is -2.23. The molecule has 4 aromatic rings. The van der Waals surface area contributed by atoms with Crippen LogP contribution in [0, 0.1) is 5.82 Å². The van der Waals surface area contributed by atoms with Crippen LogP contribution in [-0.2, 0) is 6.54 Å². The minimum atomic E-state index is -1.23. The molecule has 0 aliphatic heterocycles. The topological polar surface area (TPSA) is 64.2 Å². The van der Waals surface area contributed by atoms with Gasteiger partial charge in [0.15, 0.2) is 0 Å². The highest BCUT2D eigenvalue weighted by molar-refractivity contribution is 6.31. The summed E-state index contributed by atoms with van der Waals surface area (Å²) in [5.41, 5.74) is 1.77. The number of hydrogen-bond donors (Lipinski definition) is 1. The van der Waals surface area contributed by atoms with Crippen molar-refractivity contribution in [3.63, 3.8) is 0 Å². The Balaban J connectivity index is 1.93. The van der Waals surface area contributed by atoms with Crippen LogP contribution in [0.1, 0.15) is 15.9 Å². The lowest BCUT2D eigenvalue weighted by Gasteiger charge is -2.06. The number of carboxylic acid groups (broad SMARTS) is 1. The first-order valence-corrected chi connectivity index (χ1v) is 8.81. The maximum Gasteiger partial charge on any atom is 0.335 e. The number of halogens is 2. The summed E-state index contributed by atoms with van der Waals surface area (Å²) >= 11 is 6.14. The van der Waals surface area contributed by atoms with E-state index in [0.29, 0.717) is 27.3 Å². The zero-order valence-corrected chi connectivity index (χ0v) is 15.2. The van der Waals surface area contributed by atoms with E-state index >= 15 is 0 Å². The third-order valence-corrected chi connectivity index (χ3v) is 4.69. The minimum Gasteiger partial charge on any atom is -0.478 e. The Morgan fingerprint density at radius 2 is 1.75 bits per heavy atom. The maximum absolute atomic E-state index is 13.9. The maximum atomic E-state index is 13.9. The monoisotopic (exact) mass is 396 g/mol. The normalized spacial score (nSPS) is 11.1. The van der Waals surface area contributed by atoms with Gasteiger partial charge in [-0.1, -0.05) is 29.8 Å². The number of para-hydroxylation sites is 1. The molecule has 0 aliphatic rings. The van der Waals surface area contributed by atoms with E-state index in [1.54, 1.807) is 30.3 Å². The van der Waals surface area contributed by atoms with Crippen molar-refractivity contribution in [2.75, 3.05) is 0 Å². The quantitative estimate of drug-likeness (QED) is 0.558. The minimum absolute atomic E-state index is 0.0227. The lowest BCUT2D eigenvalue weighted by molar-refractivity contribution is 0.0696. The average Bonchev–Trinajstić information content (AvgIpc) is 2.93. The zero-order valence-electron chi connectivity index (χ0n) is 14.5. The number of carbonyl (C=O) groups is 1. The first-order chi connectivity index (χ1) is 13.4. The smallest absolute Gasteiger partial charge is 0.335 e. The van der Waals surface area contributed by atoms with Gasteiger partial charge in [-0.05, 0) is 54.1 Å². The SMILES string of the molecule is O=C(O)c1cc(F)cc(Cn2c(=O)n(-c3ccccc3)c3cc(Cl)ccc32)c1. The molecule has 28 heavy (non-hydrogen) atoms. The fraction of sp³-hybridized carbons (Fsp3) is 0.0476. The molecule has 0 amide bonds. The molecule has 4 rings (SSSR count). The Morgan fingerprint density at radius 3 is 2.46 bits per heavy atom. The molecule has 0 fully saturated rings. The molecule has 1 aromatic heterocycles. The molecule has 0 bridgehead atoms. The van der Waals surface area contributed by atoms with E-state index in [1.807, 2.05) is 18.2 Å². The van der Waals surface area contributed by atoms with Gasteiger partial charge in [0.1, 0.15) is 5.82 Å². The predicted molar refractivity (Wildman–Crippen MR) is 105 cm³/mol. The summed E-state index contributed by atoms with van der Waals surface area (Å²) in [6.07, 6.45) is 0.